The van der Waals surface area contributed by atoms with Gasteiger partial charge < -0.3 is 10.4 Å². The molecule has 1 aromatic carbocycles. The van der Waals surface area contributed by atoms with Gasteiger partial charge in [-0.15, -0.1) is 0 Å². The van der Waals surface area contributed by atoms with Gasteiger partial charge >= 0.3 is 5.97 Å². The van der Waals surface area contributed by atoms with Gasteiger partial charge in [0, 0.05) is 16.0 Å². The first-order valence-corrected chi connectivity index (χ1v) is 7.05. The van der Waals surface area contributed by atoms with Crippen molar-refractivity contribution in [1.82, 2.24) is 5.32 Å². The maximum Gasteiger partial charge on any atom is 0.306 e. The molecule has 4 nitrogen and oxygen atoms in total. The first-order chi connectivity index (χ1) is 8.91. The van der Waals surface area contributed by atoms with Gasteiger partial charge in [0.15, 0.2) is 0 Å². The molecule has 0 saturated heterocycles. The molecule has 1 atom stereocenters. The monoisotopic (exact) mass is 347 g/mol. The number of aliphatic carboxylic acids is 1. The summed E-state index contributed by atoms with van der Waals surface area (Å²) in [7, 11) is 0. The number of carboxylic acids is 1. The summed E-state index contributed by atoms with van der Waals surface area (Å²) < 4.78 is 0.674. The lowest BCUT2D eigenvalue weighted by atomic mass is 10.1. The lowest BCUT2D eigenvalue weighted by Gasteiger charge is -2.08. The van der Waals surface area contributed by atoms with Crippen molar-refractivity contribution in [3.63, 3.8) is 0 Å². The maximum absolute atomic E-state index is 11.9. The molecule has 0 saturated carbocycles. The van der Waals surface area contributed by atoms with Gasteiger partial charge in [0.1, 0.15) is 0 Å². The van der Waals surface area contributed by atoms with Crippen molar-refractivity contribution in [2.45, 2.75) is 19.8 Å². The topological polar surface area (TPSA) is 66.4 Å². The molecule has 2 N–H and O–H groups in total. The molecule has 0 aliphatic heterocycles. The summed E-state index contributed by atoms with van der Waals surface area (Å²) in [5.74, 6) is -1.43. The summed E-state index contributed by atoms with van der Waals surface area (Å²) in [6.07, 6.45) is 1.16. The third kappa shape index (κ3) is 5.20. The largest absolute Gasteiger partial charge is 0.481 e. The van der Waals surface area contributed by atoms with Gasteiger partial charge in [-0.3, -0.25) is 9.59 Å². The zero-order chi connectivity index (χ0) is 14.4. The van der Waals surface area contributed by atoms with E-state index < -0.39 is 11.9 Å². The Morgan fingerprint density at radius 2 is 2.16 bits per heavy atom. The van der Waals surface area contributed by atoms with Crippen LogP contribution in [0.5, 0.6) is 0 Å². The zero-order valence-electron chi connectivity index (χ0n) is 10.5. The number of benzene rings is 1. The van der Waals surface area contributed by atoms with E-state index >= 15 is 0 Å². The number of rotatable bonds is 6. The molecule has 1 unspecified atom stereocenters. The quantitative estimate of drug-likeness (QED) is 0.775. The summed E-state index contributed by atoms with van der Waals surface area (Å²) >= 11 is 9.12. The molecule has 104 valence electrons. The van der Waals surface area contributed by atoms with Gasteiger partial charge in [-0.2, -0.15) is 0 Å². The highest BCUT2D eigenvalue weighted by molar-refractivity contribution is 9.10. The Morgan fingerprint density at radius 3 is 2.79 bits per heavy atom. The van der Waals surface area contributed by atoms with Crippen LogP contribution >= 0.6 is 27.5 Å². The number of hydrogen-bond donors (Lipinski definition) is 2. The zero-order valence-corrected chi connectivity index (χ0v) is 12.8. The molecule has 0 aliphatic carbocycles. The van der Waals surface area contributed by atoms with Gasteiger partial charge in [0.05, 0.1) is 11.5 Å². The highest BCUT2D eigenvalue weighted by atomic mass is 79.9. The number of carbonyl (C=O) groups is 2. The van der Waals surface area contributed by atoms with Gasteiger partial charge in [-0.05, 0) is 47.0 Å². The van der Waals surface area contributed by atoms with Crippen LogP contribution in [0.2, 0.25) is 5.02 Å². The van der Waals surface area contributed by atoms with E-state index in [-0.39, 0.29) is 5.91 Å². The highest BCUT2D eigenvalue weighted by Gasteiger charge is 2.12. The molecule has 0 fully saturated rings. The molecule has 1 rings (SSSR count). The predicted octanol–water partition coefficient (Wildman–Crippen LogP) is 3.33. The molecule has 0 heterocycles. The standard InChI is InChI=1S/C13H15BrClNO3/c1-8(13(18)19)3-2-6-16-12(17)10-7-9(15)4-5-11(10)14/h4-5,7-8H,2-3,6H2,1H3,(H,16,17)(H,18,19). The average Bonchev–Trinajstić information content (AvgIpc) is 2.36. The summed E-state index contributed by atoms with van der Waals surface area (Å²) in [6, 6.07) is 4.99. The van der Waals surface area contributed by atoms with Crippen molar-refractivity contribution in [3.8, 4) is 0 Å². The Hall–Kier alpha value is -1.07. The Kier molecular flexibility index (Phi) is 6.31. The molecule has 1 amide bonds. The second kappa shape index (κ2) is 7.50. The van der Waals surface area contributed by atoms with Gasteiger partial charge in [0.2, 0.25) is 0 Å². The third-order valence-electron chi connectivity index (χ3n) is 2.69. The van der Waals surface area contributed by atoms with E-state index in [4.69, 9.17) is 16.7 Å². The minimum absolute atomic E-state index is 0.225. The van der Waals surface area contributed by atoms with Crippen LogP contribution < -0.4 is 5.32 Å². The number of nitrogens with one attached hydrogen (secondary N) is 1. The number of carboxylic acid groups (broad SMARTS) is 1. The van der Waals surface area contributed by atoms with Crippen LogP contribution in [0.25, 0.3) is 0 Å². The minimum atomic E-state index is -0.816. The number of amides is 1. The Labute approximate surface area is 125 Å². The van der Waals surface area contributed by atoms with Crippen molar-refractivity contribution in [2.24, 2.45) is 5.92 Å². The summed E-state index contributed by atoms with van der Waals surface area (Å²) in [4.78, 5) is 22.5. The number of halogens is 2. The molecule has 0 radical (unpaired) electrons. The molecule has 0 aliphatic rings. The van der Waals surface area contributed by atoms with Crippen LogP contribution in [-0.2, 0) is 4.79 Å². The third-order valence-corrected chi connectivity index (χ3v) is 3.62. The Morgan fingerprint density at radius 1 is 1.47 bits per heavy atom. The predicted molar refractivity (Wildman–Crippen MR) is 77.5 cm³/mol. The lowest BCUT2D eigenvalue weighted by Crippen LogP contribution is -2.25. The lowest BCUT2D eigenvalue weighted by molar-refractivity contribution is -0.141. The van der Waals surface area contributed by atoms with Crippen LogP contribution in [0.15, 0.2) is 22.7 Å². The van der Waals surface area contributed by atoms with Crippen molar-refractivity contribution in [1.29, 1.82) is 0 Å². The molecule has 0 spiro atoms. The highest BCUT2D eigenvalue weighted by Crippen LogP contribution is 2.21. The fraction of sp³-hybridized carbons (Fsp3) is 0.385. The summed E-state index contributed by atoms with van der Waals surface area (Å²) in [6.45, 7) is 2.09. The van der Waals surface area contributed by atoms with Crippen LogP contribution in [-0.4, -0.2) is 23.5 Å². The maximum atomic E-state index is 11.9. The van der Waals surface area contributed by atoms with E-state index in [0.29, 0.717) is 34.4 Å². The van der Waals surface area contributed by atoms with Gasteiger partial charge in [-0.1, -0.05) is 18.5 Å². The molecule has 0 bridgehead atoms. The Balaban J connectivity index is 2.43. The van der Waals surface area contributed by atoms with E-state index in [0.717, 1.165) is 0 Å². The smallest absolute Gasteiger partial charge is 0.306 e. The van der Waals surface area contributed by atoms with Crippen LogP contribution in [0.4, 0.5) is 0 Å². The second-order valence-corrected chi connectivity index (χ2v) is 5.55. The van der Waals surface area contributed by atoms with E-state index in [1.54, 1.807) is 25.1 Å². The number of carbonyl (C=O) groups excluding carboxylic acids is 1. The molecule has 6 heteroatoms. The van der Waals surface area contributed by atoms with Crippen molar-refractivity contribution < 1.29 is 14.7 Å². The van der Waals surface area contributed by atoms with Crippen molar-refractivity contribution >= 4 is 39.4 Å². The van der Waals surface area contributed by atoms with Crippen LogP contribution in [0, 0.1) is 5.92 Å². The van der Waals surface area contributed by atoms with E-state index in [2.05, 4.69) is 21.2 Å². The molecular formula is C13H15BrClNO3. The molecular weight excluding hydrogens is 334 g/mol. The minimum Gasteiger partial charge on any atom is -0.481 e. The van der Waals surface area contributed by atoms with Crippen LogP contribution in [0.1, 0.15) is 30.1 Å². The van der Waals surface area contributed by atoms with Crippen molar-refractivity contribution in [3.05, 3.63) is 33.3 Å². The fourth-order valence-electron chi connectivity index (χ4n) is 1.50. The molecule has 1 aromatic rings. The van der Waals surface area contributed by atoms with Gasteiger partial charge in [0.25, 0.3) is 5.91 Å². The summed E-state index contributed by atoms with van der Waals surface area (Å²) in [5, 5.41) is 12.0. The second-order valence-electron chi connectivity index (χ2n) is 4.26. The molecule has 19 heavy (non-hydrogen) atoms. The van der Waals surface area contributed by atoms with E-state index in [9.17, 15) is 9.59 Å². The van der Waals surface area contributed by atoms with Gasteiger partial charge in [-0.25, -0.2) is 0 Å². The van der Waals surface area contributed by atoms with Crippen LogP contribution in [0.3, 0.4) is 0 Å². The first kappa shape index (κ1) is 16.0. The first-order valence-electron chi connectivity index (χ1n) is 5.88. The molecule has 0 aromatic heterocycles. The summed E-state index contributed by atoms with van der Waals surface area (Å²) in [5.41, 5.74) is 0.471. The fourth-order valence-corrected chi connectivity index (χ4v) is 2.10. The normalized spacial score (nSPS) is 11.9. The number of hydrogen-bond acceptors (Lipinski definition) is 2. The van der Waals surface area contributed by atoms with E-state index in [1.807, 2.05) is 0 Å². The van der Waals surface area contributed by atoms with Crippen molar-refractivity contribution in [2.75, 3.05) is 6.54 Å². The SMILES string of the molecule is CC(CCCNC(=O)c1cc(Cl)ccc1Br)C(=O)O. The average molecular weight is 349 g/mol. The van der Waals surface area contributed by atoms with E-state index in [1.165, 1.54) is 0 Å². The Bertz CT molecular complexity index is 479.